The van der Waals surface area contributed by atoms with Gasteiger partial charge in [-0.15, -0.1) is 11.8 Å². The summed E-state index contributed by atoms with van der Waals surface area (Å²) in [5.41, 5.74) is -2.76. The zero-order valence-electron chi connectivity index (χ0n) is 24.3. The molecular formula is C29H36F3N3O6S2. The average Bonchev–Trinajstić information content (AvgIpc) is 2.91. The zero-order valence-corrected chi connectivity index (χ0v) is 26.0. The van der Waals surface area contributed by atoms with E-state index in [4.69, 9.17) is 4.74 Å². The van der Waals surface area contributed by atoms with E-state index >= 15 is 0 Å². The first-order chi connectivity index (χ1) is 20.0. The molecule has 0 saturated heterocycles. The number of sulfone groups is 1. The summed E-state index contributed by atoms with van der Waals surface area (Å²) in [7, 11) is -3.62. The van der Waals surface area contributed by atoms with Crippen LogP contribution in [0, 0.1) is 5.92 Å². The van der Waals surface area contributed by atoms with Gasteiger partial charge in [-0.1, -0.05) is 12.8 Å². The molecule has 3 N–H and O–H groups in total. The lowest BCUT2D eigenvalue weighted by molar-refractivity contribution is -0.137. The van der Waals surface area contributed by atoms with E-state index in [9.17, 15) is 36.0 Å². The van der Waals surface area contributed by atoms with E-state index < -0.39 is 63.2 Å². The van der Waals surface area contributed by atoms with Gasteiger partial charge in [0.25, 0.3) is 5.91 Å². The van der Waals surface area contributed by atoms with E-state index in [0.717, 1.165) is 23.8 Å². The Bertz CT molecular complexity index is 1420. The summed E-state index contributed by atoms with van der Waals surface area (Å²) in [6, 6.07) is 8.36. The molecule has 2 aromatic carbocycles. The SMILES string of the molecule is CSc1ccc(S(=O)(=O)C[C@H]2CCCC[C@@H]2NC(=O)CNC(=O)c2cc(C(F)(F)F)ccc2NC(=O)OC(C)(C)C)cc1. The Hall–Kier alpha value is -3.26. The normalized spacial score (nSPS) is 17.6. The van der Waals surface area contributed by atoms with Crippen LogP contribution >= 0.6 is 11.8 Å². The molecule has 0 aliphatic heterocycles. The van der Waals surface area contributed by atoms with Gasteiger partial charge in [0, 0.05) is 10.9 Å². The maximum atomic E-state index is 13.4. The number of hydrogen-bond donors (Lipinski definition) is 3. The van der Waals surface area contributed by atoms with Gasteiger partial charge in [-0.2, -0.15) is 13.2 Å². The number of thioether (sulfide) groups is 1. The average molecular weight is 644 g/mol. The predicted octanol–water partition coefficient (Wildman–Crippen LogP) is 5.65. The van der Waals surface area contributed by atoms with Gasteiger partial charge in [-0.25, -0.2) is 13.2 Å². The van der Waals surface area contributed by atoms with Gasteiger partial charge in [0.15, 0.2) is 9.84 Å². The van der Waals surface area contributed by atoms with Crippen molar-refractivity contribution in [3.63, 3.8) is 0 Å². The molecule has 0 heterocycles. The van der Waals surface area contributed by atoms with Crippen molar-refractivity contribution in [2.45, 2.75) is 74.1 Å². The van der Waals surface area contributed by atoms with Crippen LogP contribution in [-0.2, 0) is 25.5 Å². The van der Waals surface area contributed by atoms with Crippen molar-refractivity contribution in [2.24, 2.45) is 5.92 Å². The number of rotatable bonds is 9. The Balaban J connectivity index is 1.68. The molecule has 43 heavy (non-hydrogen) atoms. The highest BCUT2D eigenvalue weighted by molar-refractivity contribution is 7.98. The third kappa shape index (κ3) is 10.2. The highest BCUT2D eigenvalue weighted by Crippen LogP contribution is 2.32. The number of alkyl halides is 3. The topological polar surface area (TPSA) is 131 Å². The molecule has 0 radical (unpaired) electrons. The number of benzene rings is 2. The number of carbonyl (C=O) groups excluding carboxylic acids is 3. The second-order valence-electron chi connectivity index (χ2n) is 11.2. The molecule has 2 aromatic rings. The van der Waals surface area contributed by atoms with Gasteiger partial charge in [-0.05, 0) is 88.3 Å². The molecule has 9 nitrogen and oxygen atoms in total. The van der Waals surface area contributed by atoms with Gasteiger partial charge in [0.05, 0.1) is 34.0 Å². The third-order valence-corrected chi connectivity index (χ3v) is 9.35. The van der Waals surface area contributed by atoms with Crippen LogP contribution in [0.15, 0.2) is 52.3 Å². The van der Waals surface area contributed by atoms with Crippen LogP contribution in [0.4, 0.5) is 23.7 Å². The molecule has 1 aliphatic rings. The lowest BCUT2D eigenvalue weighted by Crippen LogP contribution is -2.47. The van der Waals surface area contributed by atoms with Gasteiger partial charge < -0.3 is 15.4 Å². The number of ether oxygens (including phenoxy) is 1. The van der Waals surface area contributed by atoms with E-state index in [1.165, 1.54) is 11.8 Å². The highest BCUT2D eigenvalue weighted by atomic mass is 32.2. The van der Waals surface area contributed by atoms with Crippen LogP contribution in [0.1, 0.15) is 62.4 Å². The second-order valence-corrected chi connectivity index (χ2v) is 14.2. The number of nitrogens with one attached hydrogen (secondary N) is 3. The number of carbonyl (C=O) groups is 3. The fourth-order valence-electron chi connectivity index (χ4n) is 4.70. The standard InChI is InChI=1S/C29H36F3N3O6S2/c1-28(2,3)41-27(38)35-24-14-9-19(29(30,31)32)15-22(24)26(37)33-16-25(36)34-23-8-6-5-7-18(23)17-43(39,40)21-12-10-20(42-4)11-13-21/h9-15,18,23H,5-8,16-17H2,1-4H3,(H,33,37)(H,34,36)(H,35,38)/t18-,23+/m1/s1. The summed E-state index contributed by atoms with van der Waals surface area (Å²) >= 11 is 1.50. The number of amides is 3. The van der Waals surface area contributed by atoms with Crippen molar-refractivity contribution in [2.75, 3.05) is 23.9 Å². The van der Waals surface area contributed by atoms with Crippen molar-refractivity contribution in [1.29, 1.82) is 0 Å². The van der Waals surface area contributed by atoms with Crippen molar-refractivity contribution < 1.29 is 40.7 Å². The van der Waals surface area contributed by atoms with Crippen LogP contribution < -0.4 is 16.0 Å². The van der Waals surface area contributed by atoms with Gasteiger partial charge >= 0.3 is 12.3 Å². The molecule has 0 unspecified atom stereocenters. The summed E-state index contributed by atoms with van der Waals surface area (Å²) in [4.78, 5) is 39.1. The van der Waals surface area contributed by atoms with Crippen molar-refractivity contribution in [1.82, 2.24) is 10.6 Å². The Morgan fingerprint density at radius 1 is 1.00 bits per heavy atom. The minimum atomic E-state index is -4.76. The first-order valence-electron chi connectivity index (χ1n) is 13.6. The molecule has 0 aromatic heterocycles. The minimum absolute atomic E-state index is 0.160. The number of halogens is 3. The molecule has 3 rings (SSSR count). The predicted molar refractivity (Wildman–Crippen MR) is 158 cm³/mol. The third-order valence-electron chi connectivity index (χ3n) is 6.74. The summed E-state index contributed by atoms with van der Waals surface area (Å²) < 4.78 is 71.4. The van der Waals surface area contributed by atoms with Crippen molar-refractivity contribution in [3.05, 3.63) is 53.6 Å². The molecule has 14 heteroatoms. The summed E-state index contributed by atoms with van der Waals surface area (Å²) in [6.07, 6.45) is -1.13. The summed E-state index contributed by atoms with van der Waals surface area (Å²) in [5, 5.41) is 7.36. The van der Waals surface area contributed by atoms with Crippen LogP contribution in [-0.4, -0.2) is 56.5 Å². The summed E-state index contributed by atoms with van der Waals surface area (Å²) in [5.74, 6) is -2.16. The van der Waals surface area contributed by atoms with E-state index in [0.29, 0.717) is 25.0 Å². The number of anilines is 1. The van der Waals surface area contributed by atoms with Crippen LogP contribution in [0.25, 0.3) is 0 Å². The fraction of sp³-hybridized carbons (Fsp3) is 0.483. The Kier molecular flexibility index (Phi) is 11.2. The maximum Gasteiger partial charge on any atom is 0.416 e. The smallest absolute Gasteiger partial charge is 0.416 e. The molecule has 1 fully saturated rings. The first kappa shape index (κ1) is 34.2. The van der Waals surface area contributed by atoms with Crippen molar-refractivity contribution in [3.8, 4) is 0 Å². The fourth-order valence-corrected chi connectivity index (χ4v) is 6.82. The molecule has 0 spiro atoms. The number of hydrogen-bond acceptors (Lipinski definition) is 7. The van der Waals surface area contributed by atoms with E-state index in [2.05, 4.69) is 16.0 Å². The Morgan fingerprint density at radius 2 is 1.65 bits per heavy atom. The molecule has 236 valence electrons. The second kappa shape index (κ2) is 14.0. The van der Waals surface area contributed by atoms with Crippen LogP contribution in [0.3, 0.4) is 0 Å². The maximum absolute atomic E-state index is 13.4. The zero-order chi connectivity index (χ0) is 32.0. The molecule has 1 saturated carbocycles. The molecule has 1 aliphatic carbocycles. The molecular weight excluding hydrogens is 607 g/mol. The van der Waals surface area contributed by atoms with E-state index in [1.807, 2.05) is 6.26 Å². The van der Waals surface area contributed by atoms with Crippen molar-refractivity contribution >= 4 is 45.2 Å². The largest absolute Gasteiger partial charge is 0.444 e. The first-order valence-corrected chi connectivity index (χ1v) is 16.5. The summed E-state index contributed by atoms with van der Waals surface area (Å²) in [6.45, 7) is 4.22. The van der Waals surface area contributed by atoms with Gasteiger partial charge in [0.2, 0.25) is 5.91 Å². The Labute approximate surface area is 253 Å². The van der Waals surface area contributed by atoms with Gasteiger partial charge in [0.1, 0.15) is 5.60 Å². The lowest BCUT2D eigenvalue weighted by atomic mass is 9.86. The molecule has 2 atom stereocenters. The highest BCUT2D eigenvalue weighted by Gasteiger charge is 2.33. The molecule has 3 amide bonds. The van der Waals surface area contributed by atoms with E-state index in [-0.39, 0.29) is 22.3 Å². The van der Waals surface area contributed by atoms with Crippen LogP contribution in [0.5, 0.6) is 0 Å². The van der Waals surface area contributed by atoms with E-state index in [1.54, 1.807) is 45.0 Å². The van der Waals surface area contributed by atoms with Crippen LogP contribution in [0.2, 0.25) is 0 Å². The minimum Gasteiger partial charge on any atom is -0.444 e. The Morgan fingerprint density at radius 3 is 2.26 bits per heavy atom. The monoisotopic (exact) mass is 643 g/mol. The van der Waals surface area contributed by atoms with Gasteiger partial charge in [-0.3, -0.25) is 14.9 Å². The quantitative estimate of drug-likeness (QED) is 0.301. The lowest BCUT2D eigenvalue weighted by Gasteiger charge is -2.32. The molecule has 0 bridgehead atoms.